The molecule has 0 atom stereocenters. The number of rotatable bonds is 7. The second-order valence-electron chi connectivity index (χ2n) is 38.5. The van der Waals surface area contributed by atoms with Crippen molar-refractivity contribution in [2.75, 3.05) is 0 Å². The minimum absolute atomic E-state index is 0.00177. The van der Waals surface area contributed by atoms with Crippen LogP contribution in [-0.2, 0) is 27.1 Å². The third kappa shape index (κ3) is 13.2. The maximum atomic E-state index is 7.02. The lowest BCUT2D eigenvalue weighted by molar-refractivity contribution is 0.461. The Bertz CT molecular complexity index is 6460. The van der Waals surface area contributed by atoms with E-state index in [0.717, 1.165) is 79.2 Å². The molecule has 4 heterocycles. The smallest absolute Gasteiger partial charge is 0.260 e. The second-order valence-corrected chi connectivity index (χ2v) is 38.5. The molecule has 0 saturated carbocycles. The number of fused-ring (bicyclic) bond motifs is 12. The molecule has 0 aliphatic carbocycles. The zero-order valence-electron chi connectivity index (χ0n) is 70.6. The van der Waals surface area contributed by atoms with Crippen molar-refractivity contribution in [1.82, 2.24) is 0 Å². The number of hydrogen-bond donors (Lipinski definition) is 0. The van der Waals surface area contributed by atoms with Crippen LogP contribution in [0.1, 0.15) is 157 Å². The number of benzene rings is 16. The molecule has 0 fully saturated rings. The van der Waals surface area contributed by atoms with E-state index in [4.69, 9.17) is 18.9 Å². The van der Waals surface area contributed by atoms with Gasteiger partial charge < -0.3 is 18.9 Å². The first-order chi connectivity index (χ1) is 56.0. The fraction of sp³-hybridized carbons (Fsp3) is 0.207. The lowest BCUT2D eigenvalue weighted by atomic mass is 9.34. The fourth-order valence-corrected chi connectivity index (χ4v) is 18.6. The van der Waals surface area contributed by atoms with Gasteiger partial charge in [0.15, 0.2) is 0 Å². The molecule has 0 bridgehead atoms. The molecule has 16 aromatic rings. The van der Waals surface area contributed by atoms with Crippen LogP contribution in [0.5, 0.6) is 46.0 Å². The largest absolute Gasteiger partial charge is 0.458 e. The van der Waals surface area contributed by atoms with Gasteiger partial charge in [0.05, 0.1) is 0 Å². The Balaban J connectivity index is 0.000000156. The Kier molecular flexibility index (Phi) is 17.8. The summed E-state index contributed by atoms with van der Waals surface area (Å²) in [6.45, 7) is 38.7. The van der Waals surface area contributed by atoms with Gasteiger partial charge in [-0.2, -0.15) is 0 Å². The normalized spacial score (nSPS) is 13.3. The van der Waals surface area contributed by atoms with Crippen LogP contribution in [0.3, 0.4) is 0 Å². The monoisotopic (exact) mass is 1520 g/mol. The molecule has 117 heavy (non-hydrogen) atoms. The number of ether oxygens (including phenoxy) is 4. The van der Waals surface area contributed by atoms with Crippen molar-refractivity contribution in [2.45, 2.75) is 151 Å². The van der Waals surface area contributed by atoms with E-state index in [9.17, 15) is 0 Å². The predicted molar refractivity (Wildman–Crippen MR) is 498 cm³/mol. The van der Waals surface area contributed by atoms with Gasteiger partial charge in [0.25, 0.3) is 13.4 Å². The molecule has 6 heteroatoms. The van der Waals surface area contributed by atoms with Crippen molar-refractivity contribution in [1.29, 1.82) is 0 Å². The van der Waals surface area contributed by atoms with E-state index in [1.807, 2.05) is 0 Å². The van der Waals surface area contributed by atoms with Gasteiger partial charge >= 0.3 is 0 Å². The van der Waals surface area contributed by atoms with Gasteiger partial charge in [0.1, 0.15) is 46.0 Å². The summed E-state index contributed by atoms with van der Waals surface area (Å²) >= 11 is 0. The lowest BCUT2D eigenvalue weighted by Gasteiger charge is -2.35. The molecular weight excluding hydrogens is 1420 g/mol. The molecule has 4 aliphatic heterocycles. The van der Waals surface area contributed by atoms with Gasteiger partial charge in [-0.3, -0.25) is 0 Å². The molecule has 0 radical (unpaired) electrons. The summed E-state index contributed by atoms with van der Waals surface area (Å²) in [5.41, 5.74) is 28.7. The molecule has 16 aromatic carbocycles. The van der Waals surface area contributed by atoms with Crippen LogP contribution < -0.4 is 51.7 Å². The Morgan fingerprint density at radius 2 is 0.436 bits per heavy atom. The van der Waals surface area contributed by atoms with Crippen LogP contribution in [0.25, 0.3) is 110 Å². The Morgan fingerprint density at radius 3 is 0.709 bits per heavy atom. The van der Waals surface area contributed by atoms with Crippen LogP contribution in [-0.4, -0.2) is 13.4 Å². The number of hydrogen-bond acceptors (Lipinski definition) is 4. The first-order valence-corrected chi connectivity index (χ1v) is 41.9. The fourth-order valence-electron chi connectivity index (χ4n) is 18.6. The molecule has 4 aliphatic rings. The highest BCUT2D eigenvalue weighted by molar-refractivity contribution is 6.99. The Labute approximate surface area is 691 Å². The van der Waals surface area contributed by atoms with E-state index in [1.165, 1.54) is 143 Å². The van der Waals surface area contributed by atoms with Gasteiger partial charge in [-0.05, 0) is 259 Å². The molecule has 4 nitrogen and oxygen atoms in total. The highest BCUT2D eigenvalue weighted by Gasteiger charge is 2.44. The molecule has 0 N–H and O–H groups in total. The van der Waals surface area contributed by atoms with Crippen molar-refractivity contribution in [2.24, 2.45) is 0 Å². The topological polar surface area (TPSA) is 36.9 Å². The summed E-state index contributed by atoms with van der Waals surface area (Å²) in [4.78, 5) is 0. The zero-order valence-corrected chi connectivity index (χ0v) is 70.6. The van der Waals surface area contributed by atoms with Crippen LogP contribution in [0.15, 0.2) is 291 Å². The minimum atomic E-state index is -0.106. The van der Waals surface area contributed by atoms with E-state index < -0.39 is 0 Å². The molecule has 0 aromatic heterocycles. The Morgan fingerprint density at radius 1 is 0.205 bits per heavy atom. The summed E-state index contributed by atoms with van der Waals surface area (Å²) in [5, 5.41) is 10.0. The van der Waals surface area contributed by atoms with Crippen molar-refractivity contribution in [3.8, 4) is 113 Å². The maximum Gasteiger partial charge on any atom is 0.260 e. The van der Waals surface area contributed by atoms with Gasteiger partial charge in [-0.1, -0.05) is 348 Å². The second kappa shape index (κ2) is 27.8. The van der Waals surface area contributed by atoms with Crippen molar-refractivity contribution >= 4 is 89.3 Å². The maximum absolute atomic E-state index is 7.02. The minimum Gasteiger partial charge on any atom is -0.458 e. The van der Waals surface area contributed by atoms with Gasteiger partial charge in [-0.15, -0.1) is 0 Å². The molecule has 574 valence electrons. The standard InChI is InChI=1S/C56H51BO2.C55H49BO2/c1-54(2,3)38-23-25-45-47(32-38)58-49-30-36(31-50-53(49)57(45)46-26-24-39(55(4,5)6)33-48(46)59-50)35-27-37(29-40(28-35)56(7,8)9)52-43-21-15-13-19-41(43)51(34-17-11-10-12-18-34)42-20-14-16-22-44(42)52;1-33(2)35-26-36(28-38(27-35)52-43-20-14-12-18-41(43)51(34-16-10-9-11-17-34)42-19-13-15-21-44(42)52)37-29-49-53-50(30-37)58-48-32-40(55(6,7)8)23-25-46(48)56(53)45-24-22-39(54(3,4)5)31-47(45)57-49/h10-33H,1-9H3;9-33H,1-8H3. The molecule has 0 amide bonds. The van der Waals surface area contributed by atoms with E-state index in [0.29, 0.717) is 5.92 Å². The van der Waals surface area contributed by atoms with Crippen LogP contribution >= 0.6 is 0 Å². The van der Waals surface area contributed by atoms with Crippen molar-refractivity contribution in [3.05, 3.63) is 325 Å². The first kappa shape index (κ1) is 75.0. The first-order valence-electron chi connectivity index (χ1n) is 41.9. The molecule has 20 rings (SSSR count). The molecular formula is C111H100B2O4. The average Bonchev–Trinajstić information content (AvgIpc) is 0.721. The molecule has 0 saturated heterocycles. The summed E-state index contributed by atoms with van der Waals surface area (Å²) in [5.74, 6) is 7.45. The third-order valence-electron chi connectivity index (χ3n) is 25.1. The molecule has 0 spiro atoms. The Hall–Kier alpha value is -12.1. The van der Waals surface area contributed by atoms with Gasteiger partial charge in [0.2, 0.25) is 0 Å². The lowest BCUT2D eigenvalue weighted by Crippen LogP contribution is -2.57. The van der Waals surface area contributed by atoms with E-state index in [2.05, 4.69) is 409 Å². The highest BCUT2D eigenvalue weighted by Crippen LogP contribution is 2.51. The van der Waals surface area contributed by atoms with Gasteiger partial charge in [0, 0.05) is 10.9 Å². The van der Waals surface area contributed by atoms with Crippen LogP contribution in [0.2, 0.25) is 0 Å². The summed E-state index contributed by atoms with van der Waals surface area (Å²) in [6, 6.07) is 108. The molecule has 0 unspecified atom stereocenters. The summed E-state index contributed by atoms with van der Waals surface area (Å²) < 4.78 is 28.0. The van der Waals surface area contributed by atoms with E-state index >= 15 is 0 Å². The SMILES string of the molecule is CC(C)(C)c1cc(-c2cc3c4c(c2)Oc2cc(C(C)(C)C)ccc2B4c2ccc(C(C)(C)C)cc2O3)cc(-c2c3ccccc3c(-c3ccccc3)c3ccccc23)c1.CC(C)c1cc(-c2cc3c4c(c2)Oc2cc(C(C)(C)C)ccc2B4c2ccc(C(C)(C)C)cc2O3)cc(-c2c3ccccc3c(-c3ccccc3)c3ccccc23)c1. The third-order valence-corrected chi connectivity index (χ3v) is 25.1. The van der Waals surface area contributed by atoms with Crippen LogP contribution in [0, 0.1) is 0 Å². The summed E-state index contributed by atoms with van der Waals surface area (Å²) in [6.07, 6.45) is 0. The van der Waals surface area contributed by atoms with Crippen LogP contribution in [0.4, 0.5) is 0 Å². The van der Waals surface area contributed by atoms with Gasteiger partial charge in [-0.25, -0.2) is 0 Å². The summed E-state index contributed by atoms with van der Waals surface area (Å²) in [7, 11) is 0. The van der Waals surface area contributed by atoms with Crippen molar-refractivity contribution < 1.29 is 18.9 Å². The van der Waals surface area contributed by atoms with Crippen molar-refractivity contribution in [3.63, 3.8) is 0 Å². The predicted octanol–water partition coefficient (Wildman–Crippen LogP) is 27.1. The van der Waals surface area contributed by atoms with E-state index in [-0.39, 0.29) is 40.5 Å². The quantitative estimate of drug-likeness (QED) is 0.118. The highest BCUT2D eigenvalue weighted by atomic mass is 16.5. The van der Waals surface area contributed by atoms with E-state index in [1.54, 1.807) is 0 Å². The zero-order chi connectivity index (χ0) is 81.1. The average molecular weight is 1520 g/mol.